The zero-order valence-corrected chi connectivity index (χ0v) is 10.3. The van der Waals surface area contributed by atoms with Crippen LogP contribution in [0.1, 0.15) is 6.92 Å². The largest absolute Gasteiger partial charge is 0.450 e. The normalized spacial score (nSPS) is 9.95. The number of aromatic amines is 1. The van der Waals surface area contributed by atoms with E-state index in [0.29, 0.717) is 18.0 Å². The Labute approximate surface area is 109 Å². The van der Waals surface area contributed by atoms with Crippen molar-refractivity contribution < 1.29 is 9.53 Å². The quantitative estimate of drug-likeness (QED) is 0.883. The van der Waals surface area contributed by atoms with Crippen LogP contribution in [0.5, 0.6) is 0 Å². The highest BCUT2D eigenvalue weighted by atomic mass is 16.5. The number of nitrogens with one attached hydrogen (secondary N) is 2. The lowest BCUT2D eigenvalue weighted by Crippen LogP contribution is -2.13. The zero-order valence-electron chi connectivity index (χ0n) is 10.3. The lowest BCUT2D eigenvalue weighted by Gasteiger charge is -2.06. The van der Waals surface area contributed by atoms with Gasteiger partial charge in [0.2, 0.25) is 0 Å². The molecule has 6 heteroatoms. The average Bonchev–Trinajstić information content (AvgIpc) is 2.41. The summed E-state index contributed by atoms with van der Waals surface area (Å²) < 4.78 is 4.77. The number of aromatic nitrogens is 2. The highest BCUT2D eigenvalue weighted by molar-refractivity contribution is 5.84. The van der Waals surface area contributed by atoms with Gasteiger partial charge in [-0.2, -0.15) is 0 Å². The summed E-state index contributed by atoms with van der Waals surface area (Å²) >= 11 is 0. The molecule has 0 unspecified atom stereocenters. The van der Waals surface area contributed by atoms with Crippen molar-refractivity contribution in [3.63, 3.8) is 0 Å². The predicted octanol–water partition coefficient (Wildman–Crippen LogP) is 2.01. The standard InChI is InChI=1S/C13H13N3O3/c1-2-19-13(18)16-10-5-3-9(4-6-10)11-7-15-12(17)8-14-11/h3-8H,2H2,1H3,(H,15,17)(H,16,18). The molecule has 2 aromatic rings. The fraction of sp³-hybridized carbons (Fsp3) is 0.154. The molecule has 1 heterocycles. The summed E-state index contributed by atoms with van der Waals surface area (Å²) in [6, 6.07) is 7.06. The van der Waals surface area contributed by atoms with Gasteiger partial charge in [-0.1, -0.05) is 12.1 Å². The Kier molecular flexibility index (Phi) is 3.92. The second-order valence-corrected chi connectivity index (χ2v) is 3.72. The summed E-state index contributed by atoms with van der Waals surface area (Å²) in [5.74, 6) is 0. The first-order valence-electron chi connectivity index (χ1n) is 5.78. The number of benzene rings is 1. The minimum Gasteiger partial charge on any atom is -0.450 e. The van der Waals surface area contributed by atoms with Crippen LogP contribution in [0.15, 0.2) is 41.5 Å². The van der Waals surface area contributed by atoms with Gasteiger partial charge in [-0.3, -0.25) is 10.1 Å². The lowest BCUT2D eigenvalue weighted by molar-refractivity contribution is 0.168. The molecular weight excluding hydrogens is 246 g/mol. The Morgan fingerprint density at radius 3 is 2.68 bits per heavy atom. The van der Waals surface area contributed by atoms with Crippen LogP contribution in [0.3, 0.4) is 0 Å². The molecule has 1 aromatic heterocycles. The van der Waals surface area contributed by atoms with Gasteiger partial charge in [0, 0.05) is 17.4 Å². The van der Waals surface area contributed by atoms with E-state index in [1.54, 1.807) is 31.2 Å². The minimum atomic E-state index is -0.489. The highest BCUT2D eigenvalue weighted by Crippen LogP contribution is 2.18. The number of rotatable bonds is 3. The maximum absolute atomic E-state index is 11.2. The molecule has 1 aromatic carbocycles. The summed E-state index contributed by atoms with van der Waals surface area (Å²) in [6.07, 6.45) is 2.27. The van der Waals surface area contributed by atoms with Crippen LogP contribution in [0.4, 0.5) is 10.5 Å². The van der Waals surface area contributed by atoms with Gasteiger partial charge >= 0.3 is 6.09 Å². The van der Waals surface area contributed by atoms with E-state index in [9.17, 15) is 9.59 Å². The van der Waals surface area contributed by atoms with Gasteiger partial charge in [0.15, 0.2) is 0 Å². The Hall–Kier alpha value is -2.63. The molecule has 0 bridgehead atoms. The van der Waals surface area contributed by atoms with Crippen molar-refractivity contribution in [1.29, 1.82) is 0 Å². The van der Waals surface area contributed by atoms with E-state index in [-0.39, 0.29) is 5.56 Å². The molecular formula is C13H13N3O3. The van der Waals surface area contributed by atoms with Crippen LogP contribution in [0, 0.1) is 0 Å². The number of carbonyl (C=O) groups is 1. The molecule has 0 spiro atoms. The van der Waals surface area contributed by atoms with Crippen molar-refractivity contribution in [3.8, 4) is 11.3 Å². The first-order chi connectivity index (χ1) is 9.19. The predicted molar refractivity (Wildman–Crippen MR) is 70.9 cm³/mol. The Morgan fingerprint density at radius 2 is 2.11 bits per heavy atom. The molecule has 0 saturated heterocycles. The third-order valence-electron chi connectivity index (χ3n) is 2.37. The van der Waals surface area contributed by atoms with Crippen LogP contribution in [-0.4, -0.2) is 22.7 Å². The molecule has 0 atom stereocenters. The summed E-state index contributed by atoms with van der Waals surface area (Å²) in [6.45, 7) is 2.07. The van der Waals surface area contributed by atoms with Gasteiger partial charge in [0.05, 0.1) is 18.5 Å². The van der Waals surface area contributed by atoms with Gasteiger partial charge in [0.25, 0.3) is 5.56 Å². The van der Waals surface area contributed by atoms with Crippen molar-refractivity contribution >= 4 is 11.8 Å². The molecule has 6 nitrogen and oxygen atoms in total. The lowest BCUT2D eigenvalue weighted by atomic mass is 10.1. The Balaban J connectivity index is 2.12. The summed E-state index contributed by atoms with van der Waals surface area (Å²) in [4.78, 5) is 28.7. The molecule has 98 valence electrons. The molecule has 0 aliphatic heterocycles. The number of amides is 1. The van der Waals surface area contributed by atoms with E-state index >= 15 is 0 Å². The van der Waals surface area contributed by atoms with Crippen molar-refractivity contribution in [2.75, 3.05) is 11.9 Å². The zero-order chi connectivity index (χ0) is 13.7. The first kappa shape index (κ1) is 12.8. The van der Waals surface area contributed by atoms with E-state index in [1.165, 1.54) is 12.4 Å². The van der Waals surface area contributed by atoms with E-state index < -0.39 is 6.09 Å². The third kappa shape index (κ3) is 3.41. The number of H-pyrrole nitrogens is 1. The SMILES string of the molecule is CCOC(=O)Nc1ccc(-c2c[nH]c(=O)cn2)cc1. The number of ether oxygens (including phenoxy) is 1. The minimum absolute atomic E-state index is 0.246. The van der Waals surface area contributed by atoms with Gasteiger partial charge in [-0.25, -0.2) is 9.78 Å². The molecule has 0 saturated carbocycles. The van der Waals surface area contributed by atoms with Gasteiger partial charge in [-0.05, 0) is 19.1 Å². The second-order valence-electron chi connectivity index (χ2n) is 3.72. The van der Waals surface area contributed by atoms with Crippen molar-refractivity contribution in [2.45, 2.75) is 6.92 Å². The summed E-state index contributed by atoms with van der Waals surface area (Å²) in [7, 11) is 0. The number of anilines is 1. The molecule has 0 aliphatic rings. The maximum atomic E-state index is 11.2. The number of nitrogens with zero attached hydrogens (tertiary/aromatic N) is 1. The Bertz CT molecular complexity index is 599. The molecule has 0 radical (unpaired) electrons. The maximum Gasteiger partial charge on any atom is 0.411 e. The molecule has 2 N–H and O–H groups in total. The molecule has 0 fully saturated rings. The van der Waals surface area contributed by atoms with Gasteiger partial charge in [0.1, 0.15) is 0 Å². The Morgan fingerprint density at radius 1 is 1.37 bits per heavy atom. The van der Waals surface area contributed by atoms with E-state index in [1.807, 2.05) is 0 Å². The fourth-order valence-electron chi connectivity index (χ4n) is 1.51. The second kappa shape index (κ2) is 5.81. The van der Waals surface area contributed by atoms with Crippen molar-refractivity contribution in [1.82, 2.24) is 9.97 Å². The first-order valence-corrected chi connectivity index (χ1v) is 5.78. The molecule has 19 heavy (non-hydrogen) atoms. The smallest absolute Gasteiger partial charge is 0.411 e. The average molecular weight is 259 g/mol. The van der Waals surface area contributed by atoms with Crippen LogP contribution < -0.4 is 10.9 Å². The van der Waals surface area contributed by atoms with E-state index in [2.05, 4.69) is 15.3 Å². The van der Waals surface area contributed by atoms with Crippen molar-refractivity contribution in [3.05, 3.63) is 47.0 Å². The van der Waals surface area contributed by atoms with Gasteiger partial charge < -0.3 is 9.72 Å². The van der Waals surface area contributed by atoms with E-state index in [0.717, 1.165) is 5.56 Å². The summed E-state index contributed by atoms with van der Waals surface area (Å²) in [5, 5.41) is 2.59. The highest BCUT2D eigenvalue weighted by Gasteiger charge is 2.03. The van der Waals surface area contributed by atoms with Gasteiger partial charge in [-0.15, -0.1) is 0 Å². The van der Waals surface area contributed by atoms with Crippen LogP contribution >= 0.6 is 0 Å². The summed E-state index contributed by atoms with van der Waals surface area (Å²) in [5.41, 5.74) is 1.88. The number of hydrogen-bond acceptors (Lipinski definition) is 4. The molecule has 0 aliphatic carbocycles. The monoisotopic (exact) mass is 259 g/mol. The molecule has 1 amide bonds. The number of carbonyl (C=O) groups excluding carboxylic acids is 1. The molecule has 2 rings (SSSR count). The topological polar surface area (TPSA) is 84.1 Å². The van der Waals surface area contributed by atoms with E-state index in [4.69, 9.17) is 4.74 Å². The fourth-order valence-corrected chi connectivity index (χ4v) is 1.51. The van der Waals surface area contributed by atoms with Crippen molar-refractivity contribution in [2.24, 2.45) is 0 Å². The third-order valence-corrected chi connectivity index (χ3v) is 2.37. The van der Waals surface area contributed by atoms with Crippen LogP contribution in [0.2, 0.25) is 0 Å². The van der Waals surface area contributed by atoms with Crippen LogP contribution in [-0.2, 0) is 4.74 Å². The van der Waals surface area contributed by atoms with Crippen LogP contribution in [0.25, 0.3) is 11.3 Å². The number of hydrogen-bond donors (Lipinski definition) is 2.